The normalized spacial score (nSPS) is 10.5. The van der Waals surface area contributed by atoms with Gasteiger partial charge in [0.25, 0.3) is 5.91 Å². The molecule has 0 radical (unpaired) electrons. The van der Waals surface area contributed by atoms with Crippen molar-refractivity contribution in [3.05, 3.63) is 72.4 Å². The number of hydrogen-bond acceptors (Lipinski definition) is 5. The first-order valence-electron chi connectivity index (χ1n) is 9.49. The van der Waals surface area contributed by atoms with Crippen LogP contribution in [0.2, 0.25) is 0 Å². The van der Waals surface area contributed by atoms with Crippen LogP contribution in [0.5, 0.6) is 5.75 Å². The van der Waals surface area contributed by atoms with Crippen molar-refractivity contribution < 1.29 is 9.53 Å². The molecule has 0 aliphatic heterocycles. The third-order valence-electron chi connectivity index (χ3n) is 4.17. The second kappa shape index (κ2) is 9.10. The highest BCUT2D eigenvalue weighted by atomic mass is 16.5. The molecule has 0 aliphatic rings. The zero-order chi connectivity index (χ0) is 20.8. The van der Waals surface area contributed by atoms with Crippen molar-refractivity contribution in [3.8, 4) is 5.75 Å². The fourth-order valence-corrected chi connectivity index (χ4v) is 2.69. The average Bonchev–Trinajstić information content (AvgIpc) is 2.70. The molecule has 2 N–H and O–H groups in total. The Morgan fingerprint density at radius 2 is 1.59 bits per heavy atom. The van der Waals surface area contributed by atoms with Gasteiger partial charge in [-0.25, -0.2) is 4.98 Å². The van der Waals surface area contributed by atoms with Gasteiger partial charge in [0.15, 0.2) is 0 Å². The van der Waals surface area contributed by atoms with Gasteiger partial charge in [-0.05, 0) is 74.5 Å². The second-order valence-corrected chi connectivity index (χ2v) is 7.14. The minimum Gasteiger partial charge on any atom is -0.491 e. The van der Waals surface area contributed by atoms with E-state index in [0.29, 0.717) is 11.4 Å². The molecule has 0 fully saturated rings. The summed E-state index contributed by atoms with van der Waals surface area (Å²) in [6.07, 6.45) is 1.70. The average molecular weight is 390 g/mol. The summed E-state index contributed by atoms with van der Waals surface area (Å²) in [4.78, 5) is 18.8. The molecule has 6 heteroatoms. The van der Waals surface area contributed by atoms with E-state index in [4.69, 9.17) is 4.74 Å². The van der Waals surface area contributed by atoms with E-state index in [1.165, 1.54) is 0 Å². The van der Waals surface area contributed by atoms with Crippen LogP contribution in [-0.2, 0) is 0 Å². The molecule has 29 heavy (non-hydrogen) atoms. The number of rotatable bonds is 7. The molecule has 1 amide bonds. The van der Waals surface area contributed by atoms with Crippen molar-refractivity contribution in [1.29, 1.82) is 0 Å². The van der Waals surface area contributed by atoms with Gasteiger partial charge in [0.05, 0.1) is 11.7 Å². The van der Waals surface area contributed by atoms with E-state index in [2.05, 4.69) is 15.6 Å². The number of benzene rings is 2. The summed E-state index contributed by atoms with van der Waals surface area (Å²) >= 11 is 0. The van der Waals surface area contributed by atoms with E-state index < -0.39 is 0 Å². The molecule has 0 aliphatic carbocycles. The van der Waals surface area contributed by atoms with Gasteiger partial charge in [0, 0.05) is 37.4 Å². The van der Waals surface area contributed by atoms with Gasteiger partial charge in [-0.3, -0.25) is 4.79 Å². The number of nitrogens with one attached hydrogen (secondary N) is 2. The topological polar surface area (TPSA) is 66.5 Å². The number of amides is 1. The molecule has 0 spiro atoms. The minimum absolute atomic E-state index is 0.139. The Bertz CT molecular complexity index is 934. The fourth-order valence-electron chi connectivity index (χ4n) is 2.69. The lowest BCUT2D eigenvalue weighted by Gasteiger charge is -2.13. The highest BCUT2D eigenvalue weighted by Crippen LogP contribution is 2.20. The van der Waals surface area contributed by atoms with Crippen molar-refractivity contribution in [3.63, 3.8) is 0 Å². The smallest absolute Gasteiger partial charge is 0.257 e. The largest absolute Gasteiger partial charge is 0.491 e. The number of aromatic nitrogens is 1. The molecule has 0 unspecified atom stereocenters. The molecule has 0 saturated carbocycles. The Morgan fingerprint density at radius 1 is 0.931 bits per heavy atom. The van der Waals surface area contributed by atoms with Crippen LogP contribution in [-0.4, -0.2) is 31.1 Å². The molecule has 3 rings (SSSR count). The van der Waals surface area contributed by atoms with E-state index in [-0.39, 0.29) is 12.0 Å². The summed E-state index contributed by atoms with van der Waals surface area (Å²) in [5.41, 5.74) is 3.20. The summed E-state index contributed by atoms with van der Waals surface area (Å²) in [5.74, 6) is 1.29. The lowest BCUT2D eigenvalue weighted by Crippen LogP contribution is -2.13. The molecule has 0 atom stereocenters. The summed E-state index contributed by atoms with van der Waals surface area (Å²) in [6.45, 7) is 3.99. The van der Waals surface area contributed by atoms with Crippen molar-refractivity contribution in [2.75, 3.05) is 29.6 Å². The maximum atomic E-state index is 12.4. The molecule has 3 aromatic rings. The number of ether oxygens (including phenoxy) is 1. The highest BCUT2D eigenvalue weighted by molar-refractivity contribution is 6.04. The first-order chi connectivity index (χ1) is 13.9. The summed E-state index contributed by atoms with van der Waals surface area (Å²) in [5, 5.41) is 6.10. The van der Waals surface area contributed by atoms with Gasteiger partial charge in [-0.15, -0.1) is 0 Å². The quantitative estimate of drug-likeness (QED) is 0.599. The fraction of sp³-hybridized carbons (Fsp3) is 0.217. The Balaban J connectivity index is 1.59. The number of anilines is 4. The molecule has 0 saturated heterocycles. The van der Waals surface area contributed by atoms with Crippen LogP contribution < -0.4 is 20.3 Å². The predicted octanol–water partition coefficient (Wildman–Crippen LogP) is 4.93. The van der Waals surface area contributed by atoms with E-state index in [0.717, 1.165) is 22.8 Å². The van der Waals surface area contributed by atoms with E-state index in [1.54, 1.807) is 18.3 Å². The van der Waals surface area contributed by atoms with Crippen LogP contribution in [0.4, 0.5) is 22.9 Å². The molecule has 2 aromatic carbocycles. The van der Waals surface area contributed by atoms with E-state index in [9.17, 15) is 4.79 Å². The number of nitrogens with zero attached hydrogens (tertiary/aromatic N) is 2. The lowest BCUT2D eigenvalue weighted by atomic mass is 10.2. The standard InChI is InChI=1S/C23H26N4O2/c1-16(2)29-21-12-8-18(9-13-21)25-22-14-5-17(15-24-22)23(28)26-19-6-10-20(11-7-19)27(3)4/h5-16H,1-4H3,(H,24,25)(H,26,28). The molecule has 1 aromatic heterocycles. The second-order valence-electron chi connectivity index (χ2n) is 7.14. The van der Waals surface area contributed by atoms with Crippen LogP contribution in [0.3, 0.4) is 0 Å². The molecule has 1 heterocycles. The maximum absolute atomic E-state index is 12.4. The third kappa shape index (κ3) is 5.72. The van der Waals surface area contributed by atoms with Crippen LogP contribution in [0, 0.1) is 0 Å². The van der Waals surface area contributed by atoms with Crippen LogP contribution in [0.25, 0.3) is 0 Å². The summed E-state index contributed by atoms with van der Waals surface area (Å²) in [7, 11) is 3.95. The zero-order valence-corrected chi connectivity index (χ0v) is 17.1. The minimum atomic E-state index is -0.197. The van der Waals surface area contributed by atoms with Gasteiger partial charge in [0.2, 0.25) is 0 Å². The van der Waals surface area contributed by atoms with Crippen molar-refractivity contribution in [2.24, 2.45) is 0 Å². The number of hydrogen-bond donors (Lipinski definition) is 2. The summed E-state index contributed by atoms with van der Waals surface area (Å²) in [6, 6.07) is 18.9. The number of carbonyl (C=O) groups is 1. The Hall–Kier alpha value is -3.54. The van der Waals surface area contributed by atoms with Crippen LogP contribution in [0.1, 0.15) is 24.2 Å². The predicted molar refractivity (Wildman–Crippen MR) is 118 cm³/mol. The van der Waals surface area contributed by atoms with Gasteiger partial charge in [-0.1, -0.05) is 0 Å². The first-order valence-corrected chi connectivity index (χ1v) is 9.49. The maximum Gasteiger partial charge on any atom is 0.257 e. The first kappa shape index (κ1) is 20.2. The lowest BCUT2D eigenvalue weighted by molar-refractivity contribution is 0.102. The molecule has 6 nitrogen and oxygen atoms in total. The molecule has 0 bridgehead atoms. The van der Waals surface area contributed by atoms with E-state index in [1.807, 2.05) is 81.4 Å². The highest BCUT2D eigenvalue weighted by Gasteiger charge is 2.08. The van der Waals surface area contributed by atoms with Crippen LogP contribution in [0.15, 0.2) is 66.9 Å². The van der Waals surface area contributed by atoms with Gasteiger partial charge < -0.3 is 20.3 Å². The molecular formula is C23H26N4O2. The van der Waals surface area contributed by atoms with Gasteiger partial charge in [0.1, 0.15) is 11.6 Å². The zero-order valence-electron chi connectivity index (χ0n) is 17.1. The SMILES string of the molecule is CC(C)Oc1ccc(Nc2ccc(C(=O)Nc3ccc(N(C)C)cc3)cn2)cc1. The van der Waals surface area contributed by atoms with Crippen molar-refractivity contribution in [1.82, 2.24) is 4.98 Å². The number of pyridine rings is 1. The van der Waals surface area contributed by atoms with Crippen molar-refractivity contribution >= 4 is 28.8 Å². The molecule has 150 valence electrons. The summed E-state index contributed by atoms with van der Waals surface area (Å²) < 4.78 is 5.64. The van der Waals surface area contributed by atoms with Crippen LogP contribution >= 0.6 is 0 Å². The van der Waals surface area contributed by atoms with E-state index >= 15 is 0 Å². The Labute approximate surface area is 171 Å². The molecular weight excluding hydrogens is 364 g/mol. The third-order valence-corrected chi connectivity index (χ3v) is 4.17. The Morgan fingerprint density at radius 3 is 2.14 bits per heavy atom. The van der Waals surface area contributed by atoms with Crippen molar-refractivity contribution in [2.45, 2.75) is 20.0 Å². The van der Waals surface area contributed by atoms with Gasteiger partial charge in [-0.2, -0.15) is 0 Å². The number of carbonyl (C=O) groups excluding carboxylic acids is 1. The monoisotopic (exact) mass is 390 g/mol. The van der Waals surface area contributed by atoms with Gasteiger partial charge >= 0.3 is 0 Å². The Kier molecular flexibility index (Phi) is 6.34.